The number of imidazole rings is 1. The zero-order valence-corrected chi connectivity index (χ0v) is 20.6. The van der Waals surface area contributed by atoms with Crippen LogP contribution in [0.15, 0.2) is 66.7 Å². The number of halogens is 1. The molecule has 1 amide bonds. The summed E-state index contributed by atoms with van der Waals surface area (Å²) < 4.78 is 7.93. The molecule has 1 fully saturated rings. The fourth-order valence-electron chi connectivity index (χ4n) is 4.78. The van der Waals surface area contributed by atoms with Gasteiger partial charge in [-0.15, -0.1) is 0 Å². The molecule has 1 aliphatic heterocycles. The van der Waals surface area contributed by atoms with Gasteiger partial charge in [0.05, 0.1) is 17.6 Å². The van der Waals surface area contributed by atoms with Gasteiger partial charge in [-0.2, -0.15) is 0 Å². The SMILES string of the molecule is Cc1cc(OC[C@@H](O)Cn2c([C@@H]3CC(=O)N(c4ccccc4)C3)nc3ccccc32)cc(C)c1Cl. The number of aliphatic hydroxyl groups is 1. The van der Waals surface area contributed by atoms with E-state index in [9.17, 15) is 9.90 Å². The van der Waals surface area contributed by atoms with Crippen molar-refractivity contribution >= 4 is 34.2 Å². The van der Waals surface area contributed by atoms with E-state index in [1.54, 1.807) is 0 Å². The Morgan fingerprint density at radius 1 is 1.09 bits per heavy atom. The Morgan fingerprint density at radius 2 is 1.77 bits per heavy atom. The number of benzene rings is 3. The Morgan fingerprint density at radius 3 is 2.51 bits per heavy atom. The minimum absolute atomic E-state index is 0.0650. The molecular weight excluding hydrogens is 462 g/mol. The number of hydrogen-bond acceptors (Lipinski definition) is 4. The van der Waals surface area contributed by atoms with Crippen LogP contribution in [-0.4, -0.2) is 39.8 Å². The molecule has 1 N–H and O–H groups in total. The summed E-state index contributed by atoms with van der Waals surface area (Å²) in [4.78, 5) is 19.6. The van der Waals surface area contributed by atoms with Gasteiger partial charge < -0.3 is 19.3 Å². The molecule has 0 bridgehead atoms. The molecule has 1 aromatic heterocycles. The second kappa shape index (κ2) is 9.72. The molecule has 0 aliphatic carbocycles. The first-order valence-electron chi connectivity index (χ1n) is 11.8. The lowest BCUT2D eigenvalue weighted by Gasteiger charge is -2.19. The number of para-hydroxylation sites is 3. The lowest BCUT2D eigenvalue weighted by Crippen LogP contribution is -2.26. The second-order valence-corrected chi connectivity index (χ2v) is 9.52. The molecule has 0 saturated carbocycles. The Hall–Kier alpha value is -3.35. The monoisotopic (exact) mass is 489 g/mol. The smallest absolute Gasteiger partial charge is 0.227 e. The van der Waals surface area contributed by atoms with Crippen molar-refractivity contribution in [2.24, 2.45) is 0 Å². The summed E-state index contributed by atoms with van der Waals surface area (Å²) in [6.07, 6.45) is -0.376. The van der Waals surface area contributed by atoms with Crippen molar-refractivity contribution in [3.63, 3.8) is 0 Å². The maximum absolute atomic E-state index is 12.9. The van der Waals surface area contributed by atoms with Gasteiger partial charge in [-0.05, 0) is 61.4 Å². The third-order valence-corrected chi connectivity index (χ3v) is 7.08. The van der Waals surface area contributed by atoms with Gasteiger partial charge in [-0.25, -0.2) is 4.98 Å². The molecule has 2 heterocycles. The van der Waals surface area contributed by atoms with Crippen LogP contribution in [0.5, 0.6) is 5.75 Å². The predicted molar refractivity (Wildman–Crippen MR) is 138 cm³/mol. The van der Waals surface area contributed by atoms with Gasteiger partial charge in [0.2, 0.25) is 5.91 Å². The highest BCUT2D eigenvalue weighted by atomic mass is 35.5. The van der Waals surface area contributed by atoms with Gasteiger partial charge in [-0.1, -0.05) is 41.9 Å². The second-order valence-electron chi connectivity index (χ2n) is 9.15. The molecule has 1 saturated heterocycles. The van der Waals surface area contributed by atoms with Crippen LogP contribution in [0, 0.1) is 13.8 Å². The minimum Gasteiger partial charge on any atom is -0.491 e. The number of rotatable bonds is 7. The van der Waals surface area contributed by atoms with E-state index in [0.29, 0.717) is 25.3 Å². The van der Waals surface area contributed by atoms with Crippen LogP contribution in [0.25, 0.3) is 11.0 Å². The maximum Gasteiger partial charge on any atom is 0.227 e. The van der Waals surface area contributed by atoms with Gasteiger partial charge >= 0.3 is 0 Å². The standard InChI is InChI=1S/C28H28ClN3O3/c1-18-12-23(13-19(2)27(18)29)35-17-22(33)16-32-25-11-7-6-10-24(25)30-28(32)20-14-26(34)31(15-20)21-8-4-3-5-9-21/h3-13,20,22,33H,14-17H2,1-2H3/t20-,22+/m1/s1. The van der Waals surface area contributed by atoms with E-state index >= 15 is 0 Å². The number of amides is 1. The number of aromatic nitrogens is 2. The summed E-state index contributed by atoms with van der Waals surface area (Å²) >= 11 is 6.26. The Labute approximate surface area is 209 Å². The van der Waals surface area contributed by atoms with Gasteiger partial charge in [0.25, 0.3) is 0 Å². The van der Waals surface area contributed by atoms with Crippen LogP contribution in [0.2, 0.25) is 5.02 Å². The number of nitrogens with zero attached hydrogens (tertiary/aromatic N) is 3. The summed E-state index contributed by atoms with van der Waals surface area (Å²) in [5, 5.41) is 11.6. The van der Waals surface area contributed by atoms with E-state index in [4.69, 9.17) is 21.3 Å². The van der Waals surface area contributed by atoms with E-state index in [2.05, 4.69) is 0 Å². The molecular formula is C28H28ClN3O3. The van der Waals surface area contributed by atoms with Gasteiger partial charge in [0.1, 0.15) is 24.3 Å². The van der Waals surface area contributed by atoms with Crippen molar-refractivity contribution in [2.45, 2.75) is 38.8 Å². The maximum atomic E-state index is 12.9. The largest absolute Gasteiger partial charge is 0.491 e. The zero-order chi connectivity index (χ0) is 24.5. The first-order valence-corrected chi connectivity index (χ1v) is 12.2. The molecule has 1 aliphatic rings. The molecule has 0 unspecified atom stereocenters. The normalized spacial score (nSPS) is 16.7. The van der Waals surface area contributed by atoms with Crippen molar-refractivity contribution in [3.05, 3.63) is 88.7 Å². The summed E-state index contributed by atoms with van der Waals surface area (Å²) in [6, 6.07) is 21.3. The number of aliphatic hydroxyl groups excluding tert-OH is 1. The van der Waals surface area contributed by atoms with Crippen LogP contribution in [0.1, 0.15) is 29.3 Å². The minimum atomic E-state index is -0.759. The van der Waals surface area contributed by atoms with Gasteiger partial charge in [0.15, 0.2) is 0 Å². The number of aryl methyl sites for hydroxylation is 2. The van der Waals surface area contributed by atoms with Crippen LogP contribution in [0.3, 0.4) is 0 Å². The fraction of sp³-hybridized carbons (Fsp3) is 0.286. The lowest BCUT2D eigenvalue weighted by molar-refractivity contribution is -0.117. The Bertz CT molecular complexity index is 1350. The average molecular weight is 490 g/mol. The number of carbonyl (C=O) groups is 1. The average Bonchev–Trinajstić information content (AvgIpc) is 3.42. The van der Waals surface area contributed by atoms with Crippen LogP contribution >= 0.6 is 11.6 Å². The van der Waals surface area contributed by atoms with E-state index in [1.807, 2.05) is 90.0 Å². The van der Waals surface area contributed by atoms with Gasteiger partial charge in [-0.3, -0.25) is 4.79 Å². The highest BCUT2D eigenvalue weighted by Gasteiger charge is 2.35. The van der Waals surface area contributed by atoms with E-state index < -0.39 is 6.10 Å². The highest BCUT2D eigenvalue weighted by molar-refractivity contribution is 6.32. The lowest BCUT2D eigenvalue weighted by atomic mass is 10.1. The highest BCUT2D eigenvalue weighted by Crippen LogP contribution is 2.33. The zero-order valence-electron chi connectivity index (χ0n) is 19.8. The molecule has 2 atom stereocenters. The van der Waals surface area contributed by atoms with E-state index in [-0.39, 0.29) is 18.4 Å². The number of carbonyl (C=O) groups excluding carboxylic acids is 1. The summed E-state index contributed by atoms with van der Waals surface area (Å²) in [5.41, 5.74) is 4.56. The first kappa shape index (κ1) is 23.4. The van der Waals surface area contributed by atoms with Crippen molar-refractivity contribution < 1.29 is 14.6 Å². The van der Waals surface area contributed by atoms with Crippen molar-refractivity contribution in [1.82, 2.24) is 9.55 Å². The molecule has 0 spiro atoms. The number of ether oxygens (including phenoxy) is 1. The first-order chi connectivity index (χ1) is 16.9. The molecule has 0 radical (unpaired) electrons. The predicted octanol–water partition coefficient (Wildman–Crippen LogP) is 5.27. The van der Waals surface area contributed by atoms with Crippen molar-refractivity contribution in [1.29, 1.82) is 0 Å². The van der Waals surface area contributed by atoms with Crippen LogP contribution in [-0.2, 0) is 11.3 Å². The third-order valence-electron chi connectivity index (χ3n) is 6.49. The summed E-state index contributed by atoms with van der Waals surface area (Å²) in [7, 11) is 0. The van der Waals surface area contributed by atoms with Gasteiger partial charge in [0, 0.05) is 29.6 Å². The number of fused-ring (bicyclic) bond motifs is 1. The molecule has 7 heteroatoms. The molecule has 5 rings (SSSR count). The van der Waals surface area contributed by atoms with Crippen LogP contribution in [0.4, 0.5) is 5.69 Å². The summed E-state index contributed by atoms with van der Waals surface area (Å²) in [6.45, 7) is 4.88. The Kier molecular flexibility index (Phi) is 6.50. The number of hydrogen-bond donors (Lipinski definition) is 1. The fourth-order valence-corrected chi connectivity index (χ4v) is 4.89. The molecule has 4 aromatic rings. The summed E-state index contributed by atoms with van der Waals surface area (Å²) in [5.74, 6) is 1.51. The van der Waals surface area contributed by atoms with Crippen molar-refractivity contribution in [2.75, 3.05) is 18.1 Å². The number of anilines is 1. The van der Waals surface area contributed by atoms with Crippen LogP contribution < -0.4 is 9.64 Å². The molecule has 180 valence electrons. The molecule has 3 aromatic carbocycles. The van der Waals surface area contributed by atoms with E-state index in [1.165, 1.54) is 0 Å². The Balaban J connectivity index is 1.37. The topological polar surface area (TPSA) is 67.6 Å². The third kappa shape index (κ3) is 4.77. The van der Waals surface area contributed by atoms with Crippen molar-refractivity contribution in [3.8, 4) is 5.75 Å². The molecule has 35 heavy (non-hydrogen) atoms. The molecule has 6 nitrogen and oxygen atoms in total. The quantitative estimate of drug-likeness (QED) is 0.384. The van der Waals surface area contributed by atoms with E-state index in [0.717, 1.165) is 38.7 Å².